The first-order valence-corrected chi connectivity index (χ1v) is 4.56. The molecule has 0 aromatic heterocycles. The number of amides is 2. The normalized spacial score (nSPS) is 18.0. The number of benzene rings is 1. The van der Waals surface area contributed by atoms with Gasteiger partial charge in [-0.3, -0.25) is 14.9 Å². The number of halogens is 2. The van der Waals surface area contributed by atoms with Crippen molar-refractivity contribution in [1.29, 1.82) is 0 Å². The minimum Gasteiger partial charge on any atom is -0.292 e. The SMILES string of the molecule is O=C1CC(=Cc2cc(F)ccc2F)C(=O)N1. The molecule has 0 radical (unpaired) electrons. The Kier molecular flexibility index (Phi) is 2.52. The molecule has 1 fully saturated rings. The van der Waals surface area contributed by atoms with Crippen LogP contribution < -0.4 is 5.32 Å². The zero-order valence-corrected chi connectivity index (χ0v) is 8.09. The summed E-state index contributed by atoms with van der Waals surface area (Å²) in [5.41, 5.74) is 0.0920. The molecule has 0 saturated carbocycles. The predicted octanol–water partition coefficient (Wildman–Crippen LogP) is 1.39. The summed E-state index contributed by atoms with van der Waals surface area (Å²) in [7, 11) is 0. The molecule has 1 aliphatic heterocycles. The summed E-state index contributed by atoms with van der Waals surface area (Å²) in [6.45, 7) is 0. The monoisotopic (exact) mass is 223 g/mol. The number of hydrogen-bond acceptors (Lipinski definition) is 2. The van der Waals surface area contributed by atoms with Crippen LogP contribution in [0.1, 0.15) is 12.0 Å². The van der Waals surface area contributed by atoms with Gasteiger partial charge in [-0.05, 0) is 24.3 Å². The van der Waals surface area contributed by atoms with Gasteiger partial charge in [0.2, 0.25) is 5.91 Å². The van der Waals surface area contributed by atoms with Crippen LogP contribution in [0.2, 0.25) is 0 Å². The molecular weight excluding hydrogens is 216 g/mol. The highest BCUT2D eigenvalue weighted by atomic mass is 19.1. The molecule has 1 aromatic carbocycles. The summed E-state index contributed by atoms with van der Waals surface area (Å²) in [5, 5.41) is 2.06. The molecule has 0 unspecified atom stereocenters. The molecule has 0 bridgehead atoms. The first-order chi connectivity index (χ1) is 7.56. The summed E-state index contributed by atoms with van der Waals surface area (Å²) in [6.07, 6.45) is 1.08. The lowest BCUT2D eigenvalue weighted by Crippen LogP contribution is -2.19. The lowest BCUT2D eigenvalue weighted by Gasteiger charge is -1.98. The highest BCUT2D eigenvalue weighted by Gasteiger charge is 2.23. The maximum absolute atomic E-state index is 13.2. The quantitative estimate of drug-likeness (QED) is 0.577. The first kappa shape index (κ1) is 10.5. The fourth-order valence-corrected chi connectivity index (χ4v) is 1.43. The minimum atomic E-state index is -0.638. The van der Waals surface area contributed by atoms with Crippen LogP contribution in [0.3, 0.4) is 0 Å². The van der Waals surface area contributed by atoms with E-state index in [1.165, 1.54) is 6.08 Å². The van der Waals surface area contributed by atoms with Crippen LogP contribution in [-0.2, 0) is 9.59 Å². The van der Waals surface area contributed by atoms with Crippen LogP contribution >= 0.6 is 0 Å². The molecular formula is C11H7F2NO2. The van der Waals surface area contributed by atoms with Gasteiger partial charge >= 0.3 is 0 Å². The number of carbonyl (C=O) groups is 2. The van der Waals surface area contributed by atoms with E-state index < -0.39 is 23.4 Å². The molecule has 82 valence electrons. The molecule has 1 aromatic rings. The lowest BCUT2D eigenvalue weighted by atomic mass is 10.1. The van der Waals surface area contributed by atoms with Gasteiger partial charge in [0.1, 0.15) is 11.6 Å². The van der Waals surface area contributed by atoms with E-state index in [2.05, 4.69) is 5.32 Å². The molecule has 0 aliphatic carbocycles. The average Bonchev–Trinajstić information content (AvgIpc) is 2.51. The number of carbonyl (C=O) groups excluding carboxylic acids is 2. The summed E-state index contributed by atoms with van der Waals surface area (Å²) >= 11 is 0. The zero-order valence-electron chi connectivity index (χ0n) is 8.09. The van der Waals surface area contributed by atoms with E-state index >= 15 is 0 Å². The zero-order chi connectivity index (χ0) is 11.7. The smallest absolute Gasteiger partial charge is 0.254 e. The van der Waals surface area contributed by atoms with Gasteiger partial charge in [-0.15, -0.1) is 0 Å². The van der Waals surface area contributed by atoms with Crippen molar-refractivity contribution in [2.24, 2.45) is 0 Å². The topological polar surface area (TPSA) is 46.2 Å². The van der Waals surface area contributed by atoms with Crippen LogP contribution in [0.4, 0.5) is 8.78 Å². The van der Waals surface area contributed by atoms with Crippen LogP contribution in [0.5, 0.6) is 0 Å². The molecule has 16 heavy (non-hydrogen) atoms. The lowest BCUT2D eigenvalue weighted by molar-refractivity contribution is -0.124. The van der Waals surface area contributed by atoms with E-state index in [0.29, 0.717) is 0 Å². The van der Waals surface area contributed by atoms with E-state index in [1.807, 2.05) is 0 Å². The molecule has 5 heteroatoms. The number of nitrogens with one attached hydrogen (secondary N) is 1. The van der Waals surface area contributed by atoms with Crippen molar-refractivity contribution < 1.29 is 18.4 Å². The van der Waals surface area contributed by atoms with Gasteiger partial charge in [-0.2, -0.15) is 0 Å². The molecule has 1 aliphatic rings. The second kappa shape index (κ2) is 3.84. The summed E-state index contributed by atoms with van der Waals surface area (Å²) in [5.74, 6) is -2.24. The Hall–Kier alpha value is -2.04. The maximum atomic E-state index is 13.2. The fraction of sp³-hybridized carbons (Fsp3) is 0.0909. The van der Waals surface area contributed by atoms with E-state index in [9.17, 15) is 18.4 Å². The Balaban J connectivity index is 2.39. The van der Waals surface area contributed by atoms with Crippen LogP contribution in [0.25, 0.3) is 6.08 Å². The molecule has 2 amide bonds. The fourth-order valence-electron chi connectivity index (χ4n) is 1.43. The molecule has 1 N–H and O–H groups in total. The Labute approximate surface area is 89.8 Å². The third kappa shape index (κ3) is 1.98. The van der Waals surface area contributed by atoms with Gasteiger partial charge in [-0.25, -0.2) is 8.78 Å². The van der Waals surface area contributed by atoms with Crippen molar-refractivity contribution in [3.8, 4) is 0 Å². The average molecular weight is 223 g/mol. The Morgan fingerprint density at radius 1 is 1.25 bits per heavy atom. The summed E-state index contributed by atoms with van der Waals surface area (Å²) in [6, 6.07) is 2.92. The van der Waals surface area contributed by atoms with Gasteiger partial charge < -0.3 is 0 Å². The standard InChI is InChI=1S/C11H7F2NO2/c12-8-1-2-9(13)6(4-8)3-7-5-10(15)14-11(7)16/h1-4H,5H2,(H,14,15,16). The van der Waals surface area contributed by atoms with Crippen molar-refractivity contribution in [2.75, 3.05) is 0 Å². The number of hydrogen-bond donors (Lipinski definition) is 1. The highest BCUT2D eigenvalue weighted by Crippen LogP contribution is 2.17. The van der Waals surface area contributed by atoms with E-state index in [-0.39, 0.29) is 17.6 Å². The Bertz CT molecular complexity index is 509. The molecule has 0 spiro atoms. The number of imide groups is 1. The Morgan fingerprint density at radius 3 is 2.62 bits per heavy atom. The molecule has 1 saturated heterocycles. The van der Waals surface area contributed by atoms with E-state index in [0.717, 1.165) is 18.2 Å². The van der Waals surface area contributed by atoms with E-state index in [1.54, 1.807) is 0 Å². The van der Waals surface area contributed by atoms with Gasteiger partial charge in [0, 0.05) is 11.1 Å². The largest absolute Gasteiger partial charge is 0.292 e. The molecule has 3 nitrogen and oxygen atoms in total. The Morgan fingerprint density at radius 2 is 2.00 bits per heavy atom. The highest BCUT2D eigenvalue weighted by molar-refractivity contribution is 6.15. The van der Waals surface area contributed by atoms with Crippen LogP contribution in [0.15, 0.2) is 23.8 Å². The van der Waals surface area contributed by atoms with Gasteiger partial charge in [0.15, 0.2) is 0 Å². The summed E-state index contributed by atoms with van der Waals surface area (Å²) in [4.78, 5) is 22.0. The summed E-state index contributed by atoms with van der Waals surface area (Å²) < 4.78 is 26.1. The molecule has 1 heterocycles. The minimum absolute atomic E-state index is 0.0418. The second-order valence-corrected chi connectivity index (χ2v) is 3.39. The van der Waals surface area contributed by atoms with E-state index in [4.69, 9.17) is 0 Å². The molecule has 0 atom stereocenters. The second-order valence-electron chi connectivity index (χ2n) is 3.39. The molecule has 2 rings (SSSR count). The van der Waals surface area contributed by atoms with Crippen molar-refractivity contribution in [2.45, 2.75) is 6.42 Å². The van der Waals surface area contributed by atoms with Gasteiger partial charge in [0.05, 0.1) is 6.42 Å². The third-order valence-electron chi connectivity index (χ3n) is 2.18. The third-order valence-corrected chi connectivity index (χ3v) is 2.18. The van der Waals surface area contributed by atoms with Crippen molar-refractivity contribution >= 4 is 17.9 Å². The van der Waals surface area contributed by atoms with Crippen LogP contribution in [-0.4, -0.2) is 11.8 Å². The van der Waals surface area contributed by atoms with Crippen molar-refractivity contribution in [3.63, 3.8) is 0 Å². The van der Waals surface area contributed by atoms with Crippen molar-refractivity contribution in [1.82, 2.24) is 5.32 Å². The number of rotatable bonds is 1. The van der Waals surface area contributed by atoms with Gasteiger partial charge in [-0.1, -0.05) is 0 Å². The maximum Gasteiger partial charge on any atom is 0.254 e. The predicted molar refractivity (Wildman–Crippen MR) is 52.1 cm³/mol. The van der Waals surface area contributed by atoms with Crippen molar-refractivity contribution in [3.05, 3.63) is 41.0 Å². The van der Waals surface area contributed by atoms with Crippen LogP contribution in [0, 0.1) is 11.6 Å². The van der Waals surface area contributed by atoms with Gasteiger partial charge in [0.25, 0.3) is 5.91 Å². The first-order valence-electron chi connectivity index (χ1n) is 4.56.